The molecule has 1 saturated heterocycles. The highest BCUT2D eigenvalue weighted by atomic mass is 35.5. The van der Waals surface area contributed by atoms with Gasteiger partial charge in [-0.2, -0.15) is 0 Å². The molecular weight excluding hydrogens is 239 g/mol. The first-order chi connectivity index (χ1) is 7.81. The fourth-order valence-electron chi connectivity index (χ4n) is 2.41. The number of nitrogens with zero attached hydrogens (tertiary/aromatic N) is 1. The summed E-state index contributed by atoms with van der Waals surface area (Å²) < 4.78 is 13.2. The van der Waals surface area contributed by atoms with Gasteiger partial charge < -0.3 is 5.32 Å². The van der Waals surface area contributed by atoms with Gasteiger partial charge in [0.1, 0.15) is 5.82 Å². The Hall–Kier alpha value is -0.640. The van der Waals surface area contributed by atoms with E-state index in [9.17, 15) is 4.39 Å². The average Bonchev–Trinajstić information content (AvgIpc) is 2.31. The molecule has 2 rings (SSSR count). The van der Waals surface area contributed by atoms with Gasteiger partial charge in [0.2, 0.25) is 0 Å². The third-order valence-corrected chi connectivity index (χ3v) is 3.21. The third kappa shape index (κ3) is 3.66. The molecule has 0 amide bonds. The van der Waals surface area contributed by atoms with Crippen LogP contribution in [0.15, 0.2) is 24.3 Å². The molecule has 0 saturated carbocycles. The Labute approximate surface area is 109 Å². The molecule has 0 aliphatic carbocycles. The summed E-state index contributed by atoms with van der Waals surface area (Å²) in [5.41, 5.74) is 1.10. The molecule has 1 heterocycles. The maximum Gasteiger partial charge on any atom is 0.123 e. The first-order valence-corrected chi connectivity index (χ1v) is 6.01. The SMILES string of the molecule is CC[C@H](c1cccc(F)c1)N1CCNCC1.Cl. The molecule has 1 aromatic rings. The summed E-state index contributed by atoms with van der Waals surface area (Å²) in [6, 6.07) is 7.36. The molecule has 0 unspecified atom stereocenters. The first-order valence-electron chi connectivity index (χ1n) is 6.01. The van der Waals surface area contributed by atoms with Crippen LogP contribution in [0.5, 0.6) is 0 Å². The molecule has 4 heteroatoms. The van der Waals surface area contributed by atoms with Crippen LogP contribution in [0.4, 0.5) is 4.39 Å². The first kappa shape index (κ1) is 14.4. The van der Waals surface area contributed by atoms with Crippen LogP contribution in [0.1, 0.15) is 24.9 Å². The fourth-order valence-corrected chi connectivity index (χ4v) is 2.41. The van der Waals surface area contributed by atoms with Crippen molar-refractivity contribution in [2.24, 2.45) is 0 Å². The highest BCUT2D eigenvalue weighted by Gasteiger charge is 2.20. The van der Waals surface area contributed by atoms with Gasteiger partial charge in [0.05, 0.1) is 0 Å². The van der Waals surface area contributed by atoms with E-state index in [2.05, 4.69) is 17.1 Å². The van der Waals surface area contributed by atoms with E-state index in [0.29, 0.717) is 6.04 Å². The zero-order chi connectivity index (χ0) is 11.4. The van der Waals surface area contributed by atoms with Crippen molar-refractivity contribution in [1.82, 2.24) is 10.2 Å². The normalized spacial score (nSPS) is 18.5. The van der Waals surface area contributed by atoms with Crippen LogP contribution in [0.25, 0.3) is 0 Å². The quantitative estimate of drug-likeness (QED) is 0.897. The summed E-state index contributed by atoms with van der Waals surface area (Å²) in [6.45, 7) is 6.33. The van der Waals surface area contributed by atoms with Crippen molar-refractivity contribution in [3.63, 3.8) is 0 Å². The van der Waals surface area contributed by atoms with Gasteiger partial charge in [0.15, 0.2) is 0 Å². The van der Waals surface area contributed by atoms with Gasteiger partial charge in [0.25, 0.3) is 0 Å². The van der Waals surface area contributed by atoms with Crippen LogP contribution in [0, 0.1) is 5.82 Å². The number of hydrogen-bond donors (Lipinski definition) is 1. The van der Waals surface area contributed by atoms with Crippen LogP contribution in [0.3, 0.4) is 0 Å². The Morgan fingerprint density at radius 2 is 2.06 bits per heavy atom. The van der Waals surface area contributed by atoms with Gasteiger partial charge in [-0.3, -0.25) is 4.90 Å². The van der Waals surface area contributed by atoms with E-state index >= 15 is 0 Å². The highest BCUT2D eigenvalue weighted by molar-refractivity contribution is 5.85. The molecule has 0 bridgehead atoms. The second-order valence-corrected chi connectivity index (χ2v) is 4.27. The van der Waals surface area contributed by atoms with Crippen molar-refractivity contribution in [3.05, 3.63) is 35.6 Å². The largest absolute Gasteiger partial charge is 0.314 e. The molecule has 96 valence electrons. The van der Waals surface area contributed by atoms with E-state index in [4.69, 9.17) is 0 Å². The third-order valence-electron chi connectivity index (χ3n) is 3.21. The van der Waals surface area contributed by atoms with Crippen molar-refractivity contribution < 1.29 is 4.39 Å². The van der Waals surface area contributed by atoms with Crippen LogP contribution < -0.4 is 5.32 Å². The molecule has 1 atom stereocenters. The number of rotatable bonds is 3. The number of benzene rings is 1. The van der Waals surface area contributed by atoms with Crippen LogP contribution in [0.2, 0.25) is 0 Å². The van der Waals surface area contributed by atoms with E-state index in [1.54, 1.807) is 12.1 Å². The molecular formula is C13H20ClFN2. The van der Waals surface area contributed by atoms with Gasteiger partial charge in [-0.05, 0) is 24.1 Å². The predicted molar refractivity (Wildman–Crippen MR) is 71.1 cm³/mol. The van der Waals surface area contributed by atoms with Gasteiger partial charge >= 0.3 is 0 Å². The zero-order valence-electron chi connectivity index (χ0n) is 10.2. The molecule has 1 aliphatic heterocycles. The van der Waals surface area contributed by atoms with Gasteiger partial charge in [-0.25, -0.2) is 4.39 Å². The monoisotopic (exact) mass is 258 g/mol. The second-order valence-electron chi connectivity index (χ2n) is 4.27. The number of halogens is 2. The summed E-state index contributed by atoms with van der Waals surface area (Å²) in [7, 11) is 0. The zero-order valence-corrected chi connectivity index (χ0v) is 11.0. The minimum Gasteiger partial charge on any atom is -0.314 e. The lowest BCUT2D eigenvalue weighted by molar-refractivity contribution is 0.169. The highest BCUT2D eigenvalue weighted by Crippen LogP contribution is 2.24. The van der Waals surface area contributed by atoms with Crippen molar-refractivity contribution in [3.8, 4) is 0 Å². The van der Waals surface area contributed by atoms with Crippen LogP contribution in [-0.2, 0) is 0 Å². The molecule has 17 heavy (non-hydrogen) atoms. The van der Waals surface area contributed by atoms with E-state index in [1.807, 2.05) is 6.07 Å². The maximum atomic E-state index is 13.2. The minimum absolute atomic E-state index is 0. The van der Waals surface area contributed by atoms with Gasteiger partial charge in [-0.15, -0.1) is 12.4 Å². The molecule has 0 spiro atoms. The number of nitrogens with one attached hydrogen (secondary N) is 1. The lowest BCUT2D eigenvalue weighted by Crippen LogP contribution is -2.45. The molecule has 0 radical (unpaired) electrons. The Morgan fingerprint density at radius 3 is 2.65 bits per heavy atom. The molecule has 1 aromatic carbocycles. The maximum absolute atomic E-state index is 13.2. The summed E-state index contributed by atoms with van der Waals surface area (Å²) in [5, 5.41) is 3.34. The molecule has 1 fully saturated rings. The fraction of sp³-hybridized carbons (Fsp3) is 0.538. The smallest absolute Gasteiger partial charge is 0.123 e. The summed E-state index contributed by atoms with van der Waals surface area (Å²) in [5.74, 6) is -0.133. The lowest BCUT2D eigenvalue weighted by atomic mass is 10.0. The Balaban J connectivity index is 0.00000144. The second kappa shape index (κ2) is 6.94. The lowest BCUT2D eigenvalue weighted by Gasteiger charge is -2.34. The number of hydrogen-bond acceptors (Lipinski definition) is 2. The Kier molecular flexibility index (Phi) is 5.89. The summed E-state index contributed by atoms with van der Waals surface area (Å²) in [4.78, 5) is 2.44. The van der Waals surface area contributed by atoms with Crippen molar-refractivity contribution >= 4 is 12.4 Å². The van der Waals surface area contributed by atoms with Crippen molar-refractivity contribution in [1.29, 1.82) is 0 Å². The predicted octanol–water partition coefficient (Wildman–Crippen LogP) is 2.60. The van der Waals surface area contributed by atoms with Crippen molar-refractivity contribution in [2.45, 2.75) is 19.4 Å². The summed E-state index contributed by atoms with van der Waals surface area (Å²) in [6.07, 6.45) is 1.03. The van der Waals surface area contributed by atoms with Crippen molar-refractivity contribution in [2.75, 3.05) is 26.2 Å². The molecule has 2 nitrogen and oxygen atoms in total. The summed E-state index contributed by atoms with van der Waals surface area (Å²) >= 11 is 0. The Bertz CT molecular complexity index is 340. The van der Waals surface area contributed by atoms with E-state index in [1.165, 1.54) is 6.07 Å². The van der Waals surface area contributed by atoms with E-state index in [-0.39, 0.29) is 18.2 Å². The number of piperazine rings is 1. The molecule has 1 N–H and O–H groups in total. The average molecular weight is 259 g/mol. The topological polar surface area (TPSA) is 15.3 Å². The minimum atomic E-state index is -0.133. The van der Waals surface area contributed by atoms with E-state index < -0.39 is 0 Å². The van der Waals surface area contributed by atoms with Gasteiger partial charge in [0, 0.05) is 32.2 Å². The standard InChI is InChI=1S/C13H19FN2.ClH/c1-2-13(16-8-6-15-7-9-16)11-4-3-5-12(14)10-11;/h3-5,10,13,15H,2,6-9H2,1H3;1H/t13-;/m1./s1. The van der Waals surface area contributed by atoms with E-state index in [0.717, 1.165) is 38.2 Å². The molecule has 1 aliphatic rings. The van der Waals surface area contributed by atoms with Gasteiger partial charge in [-0.1, -0.05) is 19.1 Å². The van der Waals surface area contributed by atoms with Crippen LogP contribution >= 0.6 is 12.4 Å². The van der Waals surface area contributed by atoms with Crippen LogP contribution in [-0.4, -0.2) is 31.1 Å². The molecule has 0 aromatic heterocycles. The Morgan fingerprint density at radius 1 is 1.35 bits per heavy atom.